The van der Waals surface area contributed by atoms with E-state index in [0.29, 0.717) is 6.54 Å². The first-order valence-corrected chi connectivity index (χ1v) is 8.17. The molecular formula is C17H25N3O. The monoisotopic (exact) mass is 287 g/mol. The van der Waals surface area contributed by atoms with Gasteiger partial charge in [-0.15, -0.1) is 0 Å². The molecular weight excluding hydrogens is 262 g/mol. The Morgan fingerprint density at radius 3 is 2.76 bits per heavy atom. The summed E-state index contributed by atoms with van der Waals surface area (Å²) < 4.78 is 0. The number of amides is 1. The molecule has 2 aliphatic rings. The van der Waals surface area contributed by atoms with Crippen LogP contribution in [0.3, 0.4) is 0 Å². The van der Waals surface area contributed by atoms with E-state index in [4.69, 9.17) is 0 Å². The Hall–Kier alpha value is -1.42. The predicted octanol–water partition coefficient (Wildman–Crippen LogP) is 2.48. The number of rotatable bonds is 4. The van der Waals surface area contributed by atoms with Crippen LogP contribution in [0.2, 0.25) is 0 Å². The highest BCUT2D eigenvalue weighted by Gasteiger charge is 2.29. The summed E-state index contributed by atoms with van der Waals surface area (Å²) in [5.74, 6) is 1.03. The molecule has 1 saturated heterocycles. The molecule has 0 N–H and O–H groups in total. The summed E-state index contributed by atoms with van der Waals surface area (Å²) in [7, 11) is 0. The molecule has 2 heterocycles. The molecule has 1 saturated carbocycles. The molecule has 1 aromatic rings. The standard InChI is InChI=1S/C17H25N3O/c1-14(16-8-4-5-9-18-16)19-10-11-20(17(21)13-19)12-15-6-2-3-7-15/h4-5,8-9,14-15H,2-3,6-7,10-13H2,1H3/t14-/m1/s1. The molecule has 1 aliphatic carbocycles. The molecule has 2 fully saturated rings. The third kappa shape index (κ3) is 3.43. The van der Waals surface area contributed by atoms with Gasteiger partial charge in [-0.2, -0.15) is 0 Å². The third-order valence-corrected chi connectivity index (χ3v) is 4.97. The molecule has 3 rings (SSSR count). The molecule has 0 radical (unpaired) electrons. The highest BCUT2D eigenvalue weighted by Crippen LogP contribution is 2.27. The van der Waals surface area contributed by atoms with Crippen LogP contribution in [-0.2, 0) is 4.79 Å². The largest absolute Gasteiger partial charge is 0.340 e. The van der Waals surface area contributed by atoms with Crippen molar-refractivity contribution in [1.29, 1.82) is 0 Å². The summed E-state index contributed by atoms with van der Waals surface area (Å²) in [6.45, 7) is 5.47. The van der Waals surface area contributed by atoms with Crippen LogP contribution in [0.4, 0.5) is 0 Å². The Kier molecular flexibility index (Phi) is 4.54. The smallest absolute Gasteiger partial charge is 0.236 e. The minimum absolute atomic E-state index is 0.212. The fraction of sp³-hybridized carbons (Fsp3) is 0.647. The van der Waals surface area contributed by atoms with Crippen molar-refractivity contribution in [2.45, 2.75) is 38.6 Å². The van der Waals surface area contributed by atoms with Crippen molar-refractivity contribution in [2.24, 2.45) is 5.92 Å². The summed E-state index contributed by atoms with van der Waals surface area (Å²) in [4.78, 5) is 21.1. The number of hydrogen-bond acceptors (Lipinski definition) is 3. The van der Waals surface area contributed by atoms with Gasteiger partial charge in [0.2, 0.25) is 5.91 Å². The van der Waals surface area contributed by atoms with E-state index >= 15 is 0 Å². The highest BCUT2D eigenvalue weighted by atomic mass is 16.2. The lowest BCUT2D eigenvalue weighted by molar-refractivity contribution is -0.137. The number of aromatic nitrogens is 1. The zero-order chi connectivity index (χ0) is 14.7. The van der Waals surface area contributed by atoms with Gasteiger partial charge in [0.25, 0.3) is 0 Å². The van der Waals surface area contributed by atoms with E-state index in [1.165, 1.54) is 25.7 Å². The van der Waals surface area contributed by atoms with Gasteiger partial charge in [-0.1, -0.05) is 18.9 Å². The zero-order valence-corrected chi connectivity index (χ0v) is 12.9. The van der Waals surface area contributed by atoms with Crippen molar-refractivity contribution < 1.29 is 4.79 Å². The molecule has 0 unspecified atom stereocenters. The van der Waals surface area contributed by atoms with Crippen molar-refractivity contribution in [3.63, 3.8) is 0 Å². The molecule has 1 aromatic heterocycles. The van der Waals surface area contributed by atoms with Gasteiger partial charge in [-0.3, -0.25) is 14.7 Å². The zero-order valence-electron chi connectivity index (χ0n) is 12.9. The van der Waals surface area contributed by atoms with Crippen LogP contribution in [0.25, 0.3) is 0 Å². The van der Waals surface area contributed by atoms with E-state index in [-0.39, 0.29) is 11.9 Å². The average molecular weight is 287 g/mol. The van der Waals surface area contributed by atoms with Crippen LogP contribution in [0, 0.1) is 5.92 Å². The Bertz CT molecular complexity index is 470. The van der Waals surface area contributed by atoms with Crippen LogP contribution >= 0.6 is 0 Å². The van der Waals surface area contributed by atoms with E-state index in [2.05, 4.69) is 21.7 Å². The summed E-state index contributed by atoms with van der Waals surface area (Å²) in [5, 5.41) is 0. The molecule has 4 heteroatoms. The van der Waals surface area contributed by atoms with Crippen LogP contribution in [-0.4, -0.2) is 46.9 Å². The van der Waals surface area contributed by atoms with E-state index in [9.17, 15) is 4.79 Å². The topological polar surface area (TPSA) is 36.4 Å². The molecule has 1 aliphatic heterocycles. The number of nitrogens with zero attached hydrogens (tertiary/aromatic N) is 3. The fourth-order valence-electron chi connectivity index (χ4n) is 3.57. The van der Waals surface area contributed by atoms with E-state index < -0.39 is 0 Å². The number of carbonyl (C=O) groups is 1. The first-order chi connectivity index (χ1) is 10.2. The maximum Gasteiger partial charge on any atom is 0.236 e. The first kappa shape index (κ1) is 14.5. The van der Waals surface area contributed by atoms with Crippen LogP contribution < -0.4 is 0 Å². The van der Waals surface area contributed by atoms with Crippen molar-refractivity contribution in [3.8, 4) is 0 Å². The lowest BCUT2D eigenvalue weighted by Gasteiger charge is -2.38. The maximum atomic E-state index is 12.4. The number of hydrogen-bond donors (Lipinski definition) is 0. The second-order valence-electron chi connectivity index (χ2n) is 6.39. The molecule has 4 nitrogen and oxygen atoms in total. The SMILES string of the molecule is C[C@H](c1ccccn1)N1CCN(CC2CCCC2)C(=O)C1. The van der Waals surface area contributed by atoms with Gasteiger partial charge in [0, 0.05) is 31.9 Å². The normalized spacial score (nSPS) is 22.7. The second-order valence-corrected chi connectivity index (χ2v) is 6.39. The van der Waals surface area contributed by atoms with Gasteiger partial charge >= 0.3 is 0 Å². The number of carbonyl (C=O) groups excluding carboxylic acids is 1. The minimum atomic E-state index is 0.212. The van der Waals surface area contributed by atoms with Gasteiger partial charge in [0.15, 0.2) is 0 Å². The molecule has 0 aromatic carbocycles. The van der Waals surface area contributed by atoms with Crippen molar-refractivity contribution in [2.75, 3.05) is 26.2 Å². The Morgan fingerprint density at radius 2 is 2.10 bits per heavy atom. The van der Waals surface area contributed by atoms with Gasteiger partial charge in [-0.05, 0) is 37.8 Å². The van der Waals surface area contributed by atoms with E-state index in [1.54, 1.807) is 0 Å². The number of piperazine rings is 1. The lowest BCUT2D eigenvalue weighted by Crippen LogP contribution is -2.52. The summed E-state index contributed by atoms with van der Waals surface area (Å²) >= 11 is 0. The predicted molar refractivity (Wildman–Crippen MR) is 82.8 cm³/mol. The fourth-order valence-corrected chi connectivity index (χ4v) is 3.57. The Balaban J connectivity index is 1.56. The van der Waals surface area contributed by atoms with E-state index in [0.717, 1.165) is 31.2 Å². The average Bonchev–Trinajstić information content (AvgIpc) is 3.02. The number of pyridine rings is 1. The van der Waals surface area contributed by atoms with E-state index in [1.807, 2.05) is 24.4 Å². The molecule has 114 valence electrons. The molecule has 0 bridgehead atoms. The molecule has 1 amide bonds. The molecule has 21 heavy (non-hydrogen) atoms. The molecule has 1 atom stereocenters. The van der Waals surface area contributed by atoms with Crippen molar-refractivity contribution in [1.82, 2.24) is 14.8 Å². The van der Waals surface area contributed by atoms with Crippen LogP contribution in [0.1, 0.15) is 44.3 Å². The highest BCUT2D eigenvalue weighted by molar-refractivity contribution is 5.79. The minimum Gasteiger partial charge on any atom is -0.340 e. The van der Waals surface area contributed by atoms with Crippen LogP contribution in [0.15, 0.2) is 24.4 Å². The quantitative estimate of drug-likeness (QED) is 0.853. The summed E-state index contributed by atoms with van der Waals surface area (Å²) in [6.07, 6.45) is 7.12. The Labute approximate surface area is 127 Å². The lowest BCUT2D eigenvalue weighted by atomic mass is 10.1. The van der Waals surface area contributed by atoms with Gasteiger partial charge < -0.3 is 4.90 Å². The van der Waals surface area contributed by atoms with Crippen molar-refractivity contribution >= 4 is 5.91 Å². The first-order valence-electron chi connectivity index (χ1n) is 8.17. The van der Waals surface area contributed by atoms with Crippen molar-refractivity contribution in [3.05, 3.63) is 30.1 Å². The summed E-state index contributed by atoms with van der Waals surface area (Å²) in [5.41, 5.74) is 1.05. The Morgan fingerprint density at radius 1 is 1.29 bits per heavy atom. The van der Waals surface area contributed by atoms with Gasteiger partial charge in [0.1, 0.15) is 0 Å². The molecule has 0 spiro atoms. The summed E-state index contributed by atoms with van der Waals surface area (Å²) in [6, 6.07) is 6.20. The van der Waals surface area contributed by atoms with Crippen LogP contribution in [0.5, 0.6) is 0 Å². The van der Waals surface area contributed by atoms with Gasteiger partial charge in [0.05, 0.1) is 12.2 Å². The van der Waals surface area contributed by atoms with Gasteiger partial charge in [-0.25, -0.2) is 0 Å². The second kappa shape index (κ2) is 6.56. The third-order valence-electron chi connectivity index (χ3n) is 4.97. The maximum absolute atomic E-state index is 12.4.